The molecule has 1 saturated heterocycles. The number of hydrogen-bond donors (Lipinski definition) is 1. The molecular formula is C26H33F2N3O2. The Morgan fingerprint density at radius 1 is 1.12 bits per heavy atom. The van der Waals surface area contributed by atoms with Gasteiger partial charge < -0.3 is 19.9 Å². The summed E-state index contributed by atoms with van der Waals surface area (Å²) < 4.78 is 33.8. The molecular weight excluding hydrogens is 424 g/mol. The van der Waals surface area contributed by atoms with Crippen LogP contribution in [0.5, 0.6) is 0 Å². The number of likely N-dealkylation sites (tertiary alicyclic amines) is 1. The monoisotopic (exact) mass is 457 g/mol. The van der Waals surface area contributed by atoms with E-state index in [9.17, 15) is 13.6 Å². The Bertz CT molecular complexity index is 915. The van der Waals surface area contributed by atoms with E-state index >= 15 is 0 Å². The van der Waals surface area contributed by atoms with E-state index in [-0.39, 0.29) is 24.7 Å². The number of ether oxygens (including phenoxy) is 1. The first-order valence-electron chi connectivity index (χ1n) is 11.8. The number of piperidine rings is 1. The molecule has 1 unspecified atom stereocenters. The summed E-state index contributed by atoms with van der Waals surface area (Å²) in [5, 5.41) is 3.12. The largest absolute Gasteiger partial charge is 0.376 e. The van der Waals surface area contributed by atoms with Crippen molar-refractivity contribution in [3.63, 3.8) is 0 Å². The number of hydrogen-bond acceptors (Lipinski definition) is 3. The molecule has 2 aliphatic rings. The van der Waals surface area contributed by atoms with Gasteiger partial charge in [-0.3, -0.25) is 0 Å². The van der Waals surface area contributed by atoms with Gasteiger partial charge in [-0.05, 0) is 63.4 Å². The summed E-state index contributed by atoms with van der Waals surface area (Å²) >= 11 is 0. The lowest BCUT2D eigenvalue weighted by Gasteiger charge is -2.34. The lowest BCUT2D eigenvalue weighted by Crippen LogP contribution is -2.46. The first kappa shape index (κ1) is 23.6. The Hall–Kier alpha value is -2.51. The van der Waals surface area contributed by atoms with Gasteiger partial charge in [0.15, 0.2) is 0 Å². The lowest BCUT2D eigenvalue weighted by molar-refractivity contribution is 0.0946. The number of nitrogens with zero attached hydrogens (tertiary/aromatic N) is 2. The normalized spacial score (nSPS) is 18.2. The van der Waals surface area contributed by atoms with Gasteiger partial charge in [0, 0.05) is 18.2 Å². The van der Waals surface area contributed by atoms with Crippen LogP contribution in [0, 0.1) is 17.6 Å². The summed E-state index contributed by atoms with van der Waals surface area (Å²) in [7, 11) is 2.10. The predicted molar refractivity (Wildman–Crippen MR) is 124 cm³/mol. The number of carbonyl (C=O) groups is 1. The molecule has 1 saturated carbocycles. The fourth-order valence-electron chi connectivity index (χ4n) is 4.25. The summed E-state index contributed by atoms with van der Waals surface area (Å²) in [4.78, 5) is 17.4. The molecule has 1 aliphatic carbocycles. The Kier molecular flexibility index (Phi) is 7.93. The maximum absolute atomic E-state index is 14.4. The van der Waals surface area contributed by atoms with Crippen LogP contribution in [0.4, 0.5) is 13.6 Å². The molecule has 4 rings (SSSR count). The fraction of sp³-hybridized carbons (Fsp3) is 0.500. The Morgan fingerprint density at radius 2 is 1.85 bits per heavy atom. The lowest BCUT2D eigenvalue weighted by atomic mass is 9.96. The molecule has 1 aliphatic heterocycles. The Morgan fingerprint density at radius 3 is 2.52 bits per heavy atom. The summed E-state index contributed by atoms with van der Waals surface area (Å²) in [5.41, 5.74) is 1.28. The highest BCUT2D eigenvalue weighted by molar-refractivity contribution is 5.74. The van der Waals surface area contributed by atoms with Crippen LogP contribution in [0.25, 0.3) is 0 Å². The molecule has 2 aromatic carbocycles. The van der Waals surface area contributed by atoms with Crippen LogP contribution in [-0.2, 0) is 11.3 Å². The molecule has 2 aromatic rings. The number of urea groups is 1. The van der Waals surface area contributed by atoms with Gasteiger partial charge in [0.05, 0.1) is 25.3 Å². The van der Waals surface area contributed by atoms with Gasteiger partial charge in [-0.1, -0.05) is 36.4 Å². The molecule has 2 fully saturated rings. The van der Waals surface area contributed by atoms with E-state index in [0.717, 1.165) is 50.4 Å². The molecule has 1 heterocycles. The zero-order valence-corrected chi connectivity index (χ0v) is 19.2. The predicted octanol–water partition coefficient (Wildman–Crippen LogP) is 4.74. The molecule has 0 bridgehead atoms. The summed E-state index contributed by atoms with van der Waals surface area (Å²) in [5.74, 6) is -0.912. The molecule has 33 heavy (non-hydrogen) atoms. The van der Waals surface area contributed by atoms with Crippen LogP contribution in [0.3, 0.4) is 0 Å². The third-order valence-electron chi connectivity index (χ3n) is 6.50. The highest BCUT2D eigenvalue weighted by atomic mass is 19.1. The van der Waals surface area contributed by atoms with Gasteiger partial charge in [-0.2, -0.15) is 0 Å². The highest BCUT2D eigenvalue weighted by Gasteiger charge is 2.28. The first-order valence-corrected chi connectivity index (χ1v) is 11.8. The third kappa shape index (κ3) is 6.98. The first-order chi connectivity index (χ1) is 16.0. The number of nitrogens with one attached hydrogen (secondary N) is 1. The van der Waals surface area contributed by atoms with E-state index in [2.05, 4.69) is 17.3 Å². The maximum Gasteiger partial charge on any atom is 0.318 e. The minimum absolute atomic E-state index is 0.0925. The average Bonchev–Trinajstić information content (AvgIpc) is 3.64. The van der Waals surface area contributed by atoms with Crippen molar-refractivity contribution in [3.05, 3.63) is 71.3 Å². The van der Waals surface area contributed by atoms with Crippen molar-refractivity contribution >= 4 is 6.03 Å². The van der Waals surface area contributed by atoms with Gasteiger partial charge >= 0.3 is 6.03 Å². The average molecular weight is 458 g/mol. The standard InChI is InChI=1S/C26H33F2N3O2/c1-30-13-11-19(12-14-30)16-31(17-21-7-8-22(27)15-24(21)28)26(32)29-25(18-33-23-9-10-23)20-5-3-2-4-6-20/h2-8,15,19,23,25H,9-14,16-18H2,1H3,(H,29,32). The smallest absolute Gasteiger partial charge is 0.318 e. The van der Waals surface area contributed by atoms with Crippen LogP contribution < -0.4 is 5.32 Å². The van der Waals surface area contributed by atoms with Crippen molar-refractivity contribution in [2.75, 3.05) is 33.3 Å². The van der Waals surface area contributed by atoms with Crippen molar-refractivity contribution in [2.45, 2.75) is 44.4 Å². The van der Waals surface area contributed by atoms with E-state index < -0.39 is 11.6 Å². The van der Waals surface area contributed by atoms with Crippen LogP contribution in [0.15, 0.2) is 48.5 Å². The minimum atomic E-state index is -0.632. The second kappa shape index (κ2) is 11.1. The zero-order valence-electron chi connectivity index (χ0n) is 19.2. The van der Waals surface area contributed by atoms with E-state index in [1.165, 1.54) is 12.1 Å². The molecule has 1 atom stereocenters. The molecule has 5 nitrogen and oxygen atoms in total. The van der Waals surface area contributed by atoms with E-state index in [4.69, 9.17) is 4.74 Å². The number of rotatable bonds is 9. The van der Waals surface area contributed by atoms with Gasteiger partial charge in [0.25, 0.3) is 0 Å². The van der Waals surface area contributed by atoms with Crippen LogP contribution in [-0.4, -0.2) is 55.2 Å². The Balaban J connectivity index is 1.49. The van der Waals surface area contributed by atoms with Crippen molar-refractivity contribution in [3.8, 4) is 0 Å². The molecule has 1 N–H and O–H groups in total. The van der Waals surface area contributed by atoms with Crippen LogP contribution in [0.2, 0.25) is 0 Å². The molecule has 2 amide bonds. The van der Waals surface area contributed by atoms with Gasteiger partial charge in [0.1, 0.15) is 11.6 Å². The molecule has 178 valence electrons. The second-order valence-electron chi connectivity index (χ2n) is 9.31. The summed E-state index contributed by atoms with van der Waals surface area (Å²) in [6.07, 6.45) is 4.36. The fourth-order valence-corrected chi connectivity index (χ4v) is 4.25. The topological polar surface area (TPSA) is 44.8 Å². The van der Waals surface area contributed by atoms with Crippen LogP contribution in [0.1, 0.15) is 42.9 Å². The number of benzene rings is 2. The highest BCUT2D eigenvalue weighted by Crippen LogP contribution is 2.26. The molecule has 0 spiro atoms. The second-order valence-corrected chi connectivity index (χ2v) is 9.31. The van der Waals surface area contributed by atoms with E-state index in [1.807, 2.05) is 30.3 Å². The van der Waals surface area contributed by atoms with Crippen molar-refractivity contribution < 1.29 is 18.3 Å². The quantitative estimate of drug-likeness (QED) is 0.592. The number of halogens is 2. The molecule has 0 radical (unpaired) electrons. The summed E-state index contributed by atoms with van der Waals surface area (Å²) in [6.45, 7) is 2.98. The van der Waals surface area contributed by atoms with Crippen molar-refractivity contribution in [1.82, 2.24) is 15.1 Å². The van der Waals surface area contributed by atoms with E-state index in [0.29, 0.717) is 24.6 Å². The zero-order chi connectivity index (χ0) is 23.2. The third-order valence-corrected chi connectivity index (χ3v) is 6.50. The number of carbonyl (C=O) groups excluding carboxylic acids is 1. The maximum atomic E-state index is 14.4. The molecule has 7 heteroatoms. The van der Waals surface area contributed by atoms with Crippen molar-refractivity contribution in [2.24, 2.45) is 5.92 Å². The van der Waals surface area contributed by atoms with Crippen LogP contribution >= 0.6 is 0 Å². The molecule has 0 aromatic heterocycles. The van der Waals surface area contributed by atoms with Crippen molar-refractivity contribution in [1.29, 1.82) is 0 Å². The Labute approximate surface area is 194 Å². The SMILES string of the molecule is CN1CCC(CN(Cc2ccc(F)cc2F)C(=O)NC(COC2CC2)c2ccccc2)CC1. The van der Waals surface area contributed by atoms with E-state index in [1.54, 1.807) is 4.90 Å². The van der Waals surface area contributed by atoms with Gasteiger partial charge in [-0.25, -0.2) is 13.6 Å². The van der Waals surface area contributed by atoms with Gasteiger partial charge in [0.2, 0.25) is 0 Å². The number of amides is 2. The minimum Gasteiger partial charge on any atom is -0.376 e. The summed E-state index contributed by atoms with van der Waals surface area (Å²) in [6, 6.07) is 12.7. The van der Waals surface area contributed by atoms with Gasteiger partial charge in [-0.15, -0.1) is 0 Å².